The Morgan fingerprint density at radius 3 is 2.50 bits per heavy atom. The van der Waals surface area contributed by atoms with Crippen LogP contribution in [0.25, 0.3) is 0 Å². The van der Waals surface area contributed by atoms with Crippen molar-refractivity contribution in [3.8, 4) is 11.8 Å². The molecule has 0 unspecified atom stereocenters. The molecule has 0 radical (unpaired) electrons. The Kier molecular flexibility index (Phi) is 3.59. The van der Waals surface area contributed by atoms with Crippen molar-refractivity contribution in [1.29, 1.82) is 5.26 Å². The summed E-state index contributed by atoms with van der Waals surface area (Å²) < 4.78 is 18.5. The smallest absolute Gasteiger partial charge is 0.141 e. The predicted molar refractivity (Wildman–Crippen MR) is 66.9 cm³/mol. The quantitative estimate of drug-likeness (QED) is 0.826. The number of methoxy groups -OCH3 is 1. The maximum absolute atomic E-state index is 13.4. The van der Waals surface area contributed by atoms with E-state index in [4.69, 9.17) is 10.00 Å². The van der Waals surface area contributed by atoms with Gasteiger partial charge in [0.2, 0.25) is 0 Å². The highest BCUT2D eigenvalue weighted by molar-refractivity contribution is 5.42. The Morgan fingerprint density at radius 2 is 1.89 bits per heavy atom. The third-order valence-corrected chi connectivity index (χ3v) is 2.77. The number of ether oxygens (including phenoxy) is 1. The fraction of sp³-hybridized carbons (Fsp3) is 0.133. The Balaban J connectivity index is 2.28. The van der Waals surface area contributed by atoms with E-state index in [0.29, 0.717) is 12.0 Å². The van der Waals surface area contributed by atoms with E-state index >= 15 is 0 Å². The van der Waals surface area contributed by atoms with Crippen molar-refractivity contribution in [1.82, 2.24) is 0 Å². The number of hydrogen-bond acceptors (Lipinski definition) is 2. The first kappa shape index (κ1) is 12.1. The summed E-state index contributed by atoms with van der Waals surface area (Å²) in [6.07, 6.45) is 0.532. The summed E-state index contributed by atoms with van der Waals surface area (Å²) >= 11 is 0. The Labute approximate surface area is 105 Å². The maximum Gasteiger partial charge on any atom is 0.141 e. The van der Waals surface area contributed by atoms with E-state index in [1.165, 1.54) is 6.07 Å². The van der Waals surface area contributed by atoms with Crippen LogP contribution in [0.1, 0.15) is 16.7 Å². The van der Waals surface area contributed by atoms with Gasteiger partial charge in [-0.1, -0.05) is 24.3 Å². The summed E-state index contributed by atoms with van der Waals surface area (Å²) in [4.78, 5) is 0. The third-order valence-electron chi connectivity index (χ3n) is 2.77. The Hall–Kier alpha value is -2.34. The average Bonchev–Trinajstić information content (AvgIpc) is 2.40. The highest BCUT2D eigenvalue weighted by Gasteiger charge is 2.08. The standard InChI is InChI=1S/C15H12FNO/c1-18-13-7-5-11(6-8-13)9-12-3-2-4-15(16)14(12)10-17/h2-8H,9H2,1H3. The summed E-state index contributed by atoms with van der Waals surface area (Å²) in [5.41, 5.74) is 1.83. The monoisotopic (exact) mass is 241 g/mol. The summed E-state index contributed by atoms with van der Waals surface area (Å²) in [7, 11) is 1.61. The van der Waals surface area contributed by atoms with Crippen molar-refractivity contribution >= 4 is 0 Å². The molecule has 0 atom stereocenters. The van der Waals surface area contributed by atoms with Gasteiger partial charge in [-0.15, -0.1) is 0 Å². The molecule has 0 saturated heterocycles. The van der Waals surface area contributed by atoms with Gasteiger partial charge in [0.15, 0.2) is 0 Å². The average molecular weight is 241 g/mol. The normalized spacial score (nSPS) is 9.83. The number of hydrogen-bond donors (Lipinski definition) is 0. The summed E-state index contributed by atoms with van der Waals surface area (Å²) in [6, 6.07) is 14.1. The van der Waals surface area contributed by atoms with Crippen LogP contribution in [0.5, 0.6) is 5.75 Å². The van der Waals surface area contributed by atoms with Crippen LogP contribution in [0.2, 0.25) is 0 Å². The van der Waals surface area contributed by atoms with Crippen LogP contribution >= 0.6 is 0 Å². The van der Waals surface area contributed by atoms with Crippen LogP contribution in [-0.2, 0) is 6.42 Å². The molecule has 0 aliphatic rings. The maximum atomic E-state index is 13.4. The number of nitriles is 1. The van der Waals surface area contributed by atoms with E-state index in [9.17, 15) is 4.39 Å². The summed E-state index contributed by atoms with van der Waals surface area (Å²) in [5, 5.41) is 8.95. The van der Waals surface area contributed by atoms with Crippen LogP contribution in [0.4, 0.5) is 4.39 Å². The first-order valence-corrected chi connectivity index (χ1v) is 5.55. The van der Waals surface area contributed by atoms with Crippen LogP contribution in [-0.4, -0.2) is 7.11 Å². The second-order valence-corrected chi connectivity index (χ2v) is 3.91. The number of benzene rings is 2. The van der Waals surface area contributed by atoms with Crippen molar-refractivity contribution < 1.29 is 9.13 Å². The van der Waals surface area contributed by atoms with Gasteiger partial charge in [-0.25, -0.2) is 4.39 Å². The minimum atomic E-state index is -0.469. The molecule has 0 amide bonds. The van der Waals surface area contributed by atoms with Gasteiger partial charge in [-0.3, -0.25) is 0 Å². The van der Waals surface area contributed by atoms with Crippen molar-refractivity contribution in [2.45, 2.75) is 6.42 Å². The van der Waals surface area contributed by atoms with Crippen molar-refractivity contribution in [2.75, 3.05) is 7.11 Å². The van der Waals surface area contributed by atoms with Crippen LogP contribution in [0, 0.1) is 17.1 Å². The number of rotatable bonds is 3. The molecular formula is C15H12FNO. The van der Waals surface area contributed by atoms with Gasteiger partial charge >= 0.3 is 0 Å². The highest BCUT2D eigenvalue weighted by atomic mass is 19.1. The molecule has 2 rings (SSSR count). The van der Waals surface area contributed by atoms with Gasteiger partial charge in [0.05, 0.1) is 12.7 Å². The van der Waals surface area contributed by atoms with E-state index in [1.807, 2.05) is 30.3 Å². The van der Waals surface area contributed by atoms with Crippen molar-refractivity contribution in [3.05, 3.63) is 65.0 Å². The molecule has 0 aliphatic carbocycles. The van der Waals surface area contributed by atoms with Gasteiger partial charge in [0, 0.05) is 0 Å². The lowest BCUT2D eigenvalue weighted by Gasteiger charge is -2.06. The topological polar surface area (TPSA) is 33.0 Å². The molecule has 0 heterocycles. The molecule has 90 valence electrons. The molecule has 0 aliphatic heterocycles. The fourth-order valence-electron chi connectivity index (χ4n) is 1.80. The lowest BCUT2D eigenvalue weighted by Crippen LogP contribution is -1.95. The predicted octanol–water partition coefficient (Wildman–Crippen LogP) is 3.30. The first-order chi connectivity index (χ1) is 8.74. The molecule has 0 aromatic heterocycles. The van der Waals surface area contributed by atoms with Gasteiger partial charge in [0.1, 0.15) is 17.6 Å². The lowest BCUT2D eigenvalue weighted by molar-refractivity contribution is 0.414. The molecule has 0 spiro atoms. The molecule has 3 heteroatoms. The molecule has 2 aromatic rings. The minimum Gasteiger partial charge on any atom is -0.497 e. The second kappa shape index (κ2) is 5.33. The highest BCUT2D eigenvalue weighted by Crippen LogP contribution is 2.18. The van der Waals surface area contributed by atoms with Crippen molar-refractivity contribution in [3.63, 3.8) is 0 Å². The number of nitrogens with zero attached hydrogens (tertiary/aromatic N) is 1. The van der Waals surface area contributed by atoms with E-state index in [0.717, 1.165) is 11.3 Å². The molecule has 0 bridgehead atoms. The molecule has 0 N–H and O–H groups in total. The van der Waals surface area contributed by atoms with Gasteiger partial charge < -0.3 is 4.74 Å². The van der Waals surface area contributed by atoms with Gasteiger partial charge in [0.25, 0.3) is 0 Å². The summed E-state index contributed by atoms with van der Waals surface area (Å²) in [6.45, 7) is 0. The summed E-state index contributed by atoms with van der Waals surface area (Å²) in [5.74, 6) is 0.307. The van der Waals surface area contributed by atoms with Gasteiger partial charge in [-0.05, 0) is 35.7 Å². The molecule has 2 nitrogen and oxygen atoms in total. The molecule has 18 heavy (non-hydrogen) atoms. The zero-order valence-corrected chi connectivity index (χ0v) is 9.98. The molecule has 0 fully saturated rings. The lowest BCUT2D eigenvalue weighted by atomic mass is 10.00. The van der Waals surface area contributed by atoms with E-state index in [-0.39, 0.29) is 5.56 Å². The van der Waals surface area contributed by atoms with Crippen LogP contribution < -0.4 is 4.74 Å². The zero-order chi connectivity index (χ0) is 13.0. The molecule has 2 aromatic carbocycles. The largest absolute Gasteiger partial charge is 0.497 e. The third kappa shape index (κ3) is 2.49. The van der Waals surface area contributed by atoms with Crippen LogP contribution in [0.3, 0.4) is 0 Å². The Morgan fingerprint density at radius 1 is 1.17 bits per heavy atom. The SMILES string of the molecule is COc1ccc(Cc2cccc(F)c2C#N)cc1. The zero-order valence-electron chi connectivity index (χ0n) is 9.98. The van der Waals surface area contributed by atoms with Crippen molar-refractivity contribution in [2.24, 2.45) is 0 Å². The minimum absolute atomic E-state index is 0.119. The number of halogens is 1. The fourth-order valence-corrected chi connectivity index (χ4v) is 1.80. The first-order valence-electron chi connectivity index (χ1n) is 5.55. The van der Waals surface area contributed by atoms with E-state index in [1.54, 1.807) is 19.2 Å². The molecule has 0 saturated carbocycles. The van der Waals surface area contributed by atoms with E-state index < -0.39 is 5.82 Å². The van der Waals surface area contributed by atoms with Gasteiger partial charge in [-0.2, -0.15) is 5.26 Å². The molecular weight excluding hydrogens is 229 g/mol. The Bertz CT molecular complexity index is 584. The second-order valence-electron chi connectivity index (χ2n) is 3.91. The van der Waals surface area contributed by atoms with Crippen LogP contribution in [0.15, 0.2) is 42.5 Å². The van der Waals surface area contributed by atoms with E-state index in [2.05, 4.69) is 0 Å².